The first kappa shape index (κ1) is 13.4. The van der Waals surface area contributed by atoms with Crippen molar-refractivity contribution >= 4 is 5.97 Å². The quantitative estimate of drug-likeness (QED) is 0.622. The van der Waals surface area contributed by atoms with Crippen LogP contribution in [0.3, 0.4) is 0 Å². The van der Waals surface area contributed by atoms with Gasteiger partial charge in [-0.15, -0.1) is 0 Å². The maximum absolute atomic E-state index is 10.9. The molecule has 0 aliphatic heterocycles. The summed E-state index contributed by atoms with van der Waals surface area (Å²) in [4.78, 5) is 10.9. The number of carbonyl (C=O) groups excluding carboxylic acids is 1. The molecule has 4 heteroatoms. The third kappa shape index (κ3) is 5.94. The Bertz CT molecular complexity index is 159. The highest BCUT2D eigenvalue weighted by Gasteiger charge is 2.14. The summed E-state index contributed by atoms with van der Waals surface area (Å²) in [5.74, 6) is 0.193. The molecule has 0 saturated carbocycles. The molecule has 0 aromatic rings. The van der Waals surface area contributed by atoms with Gasteiger partial charge in [-0.1, -0.05) is 13.8 Å². The third-order valence-corrected chi connectivity index (χ3v) is 2.04. The molecule has 0 aliphatic carbocycles. The number of carbonyl (C=O) groups is 1. The molecule has 0 fully saturated rings. The largest absolute Gasteiger partial charge is 0.468 e. The third-order valence-electron chi connectivity index (χ3n) is 2.04. The van der Waals surface area contributed by atoms with E-state index in [0.29, 0.717) is 19.1 Å². The van der Waals surface area contributed by atoms with Crippen molar-refractivity contribution in [1.29, 1.82) is 0 Å². The van der Waals surface area contributed by atoms with E-state index in [0.717, 1.165) is 0 Å². The lowest BCUT2D eigenvalue weighted by atomic mass is 10.1. The molecule has 84 valence electrons. The van der Waals surface area contributed by atoms with Gasteiger partial charge in [-0.3, -0.25) is 4.79 Å². The zero-order valence-corrected chi connectivity index (χ0v) is 9.50. The summed E-state index contributed by atoms with van der Waals surface area (Å²) in [6.45, 7) is 7.71. The number of esters is 1. The second-order valence-corrected chi connectivity index (χ2v) is 3.47. The molecule has 0 radical (unpaired) electrons. The maximum Gasteiger partial charge on any atom is 0.319 e. The standard InChI is InChI=1S/C10H21NO3/c1-5-14-7-9(8(2)3)11-6-10(12)13-4/h8-9,11H,5-7H2,1-4H3. The molecule has 14 heavy (non-hydrogen) atoms. The zero-order valence-electron chi connectivity index (χ0n) is 9.50. The number of hydrogen-bond acceptors (Lipinski definition) is 4. The SMILES string of the molecule is CCOCC(NCC(=O)OC)C(C)C. The van der Waals surface area contributed by atoms with Crippen molar-refractivity contribution in [3.63, 3.8) is 0 Å². The molecular weight excluding hydrogens is 182 g/mol. The summed E-state index contributed by atoms with van der Waals surface area (Å²) in [5.41, 5.74) is 0. The average Bonchev–Trinajstić information content (AvgIpc) is 2.16. The van der Waals surface area contributed by atoms with E-state index in [9.17, 15) is 4.79 Å². The average molecular weight is 203 g/mol. The molecule has 0 saturated heterocycles. The smallest absolute Gasteiger partial charge is 0.319 e. The van der Waals surface area contributed by atoms with E-state index in [2.05, 4.69) is 23.9 Å². The molecule has 4 nitrogen and oxygen atoms in total. The van der Waals surface area contributed by atoms with Crippen LogP contribution in [-0.4, -0.2) is 38.9 Å². The lowest BCUT2D eigenvalue weighted by Gasteiger charge is -2.21. The number of rotatable bonds is 7. The fourth-order valence-corrected chi connectivity index (χ4v) is 1.02. The predicted molar refractivity (Wildman–Crippen MR) is 55.1 cm³/mol. The summed E-state index contributed by atoms with van der Waals surface area (Å²) >= 11 is 0. The second-order valence-electron chi connectivity index (χ2n) is 3.47. The Kier molecular flexibility index (Phi) is 7.42. The summed E-state index contributed by atoms with van der Waals surface area (Å²) in [7, 11) is 1.39. The Hall–Kier alpha value is -0.610. The van der Waals surface area contributed by atoms with Crippen molar-refractivity contribution in [3.8, 4) is 0 Å². The van der Waals surface area contributed by atoms with Crippen LogP contribution >= 0.6 is 0 Å². The first-order valence-corrected chi connectivity index (χ1v) is 4.99. The predicted octanol–water partition coefficient (Wildman–Crippen LogP) is 0.810. The first-order chi connectivity index (χ1) is 6.61. The highest BCUT2D eigenvalue weighted by Crippen LogP contribution is 2.01. The number of hydrogen-bond donors (Lipinski definition) is 1. The van der Waals surface area contributed by atoms with Gasteiger partial charge in [0.05, 0.1) is 20.3 Å². The fourth-order valence-electron chi connectivity index (χ4n) is 1.02. The van der Waals surface area contributed by atoms with E-state index in [1.807, 2.05) is 6.92 Å². The Morgan fingerprint density at radius 3 is 2.50 bits per heavy atom. The van der Waals surface area contributed by atoms with Crippen molar-refractivity contribution in [2.24, 2.45) is 5.92 Å². The minimum atomic E-state index is -0.243. The lowest BCUT2D eigenvalue weighted by molar-refractivity contribution is -0.139. The van der Waals surface area contributed by atoms with Crippen molar-refractivity contribution in [2.45, 2.75) is 26.8 Å². The monoisotopic (exact) mass is 203 g/mol. The summed E-state index contributed by atoms with van der Waals surface area (Å²) in [5, 5.41) is 3.11. The molecule has 0 rings (SSSR count). The summed E-state index contributed by atoms with van der Waals surface area (Å²) in [6.07, 6.45) is 0. The number of methoxy groups -OCH3 is 1. The van der Waals surface area contributed by atoms with Crippen LogP contribution < -0.4 is 5.32 Å². The highest BCUT2D eigenvalue weighted by atomic mass is 16.5. The van der Waals surface area contributed by atoms with Gasteiger partial charge >= 0.3 is 5.97 Å². The maximum atomic E-state index is 10.9. The van der Waals surface area contributed by atoms with Gasteiger partial charge in [-0.25, -0.2) is 0 Å². The molecule has 0 bridgehead atoms. The number of ether oxygens (including phenoxy) is 2. The minimum absolute atomic E-state index is 0.203. The topological polar surface area (TPSA) is 47.6 Å². The molecule has 1 unspecified atom stereocenters. The molecular formula is C10H21NO3. The Labute approximate surface area is 86.0 Å². The molecule has 0 heterocycles. The minimum Gasteiger partial charge on any atom is -0.468 e. The van der Waals surface area contributed by atoms with Crippen LogP contribution in [0, 0.1) is 5.92 Å². The fraction of sp³-hybridized carbons (Fsp3) is 0.900. The van der Waals surface area contributed by atoms with E-state index < -0.39 is 0 Å². The Morgan fingerprint density at radius 1 is 1.43 bits per heavy atom. The van der Waals surface area contributed by atoms with Crippen molar-refractivity contribution in [1.82, 2.24) is 5.32 Å². The van der Waals surface area contributed by atoms with E-state index >= 15 is 0 Å². The van der Waals surface area contributed by atoms with Crippen LogP contribution in [0.2, 0.25) is 0 Å². The summed E-state index contributed by atoms with van der Waals surface area (Å²) < 4.78 is 9.85. The first-order valence-electron chi connectivity index (χ1n) is 4.99. The highest BCUT2D eigenvalue weighted by molar-refractivity contribution is 5.71. The van der Waals surface area contributed by atoms with E-state index in [1.54, 1.807) is 0 Å². The van der Waals surface area contributed by atoms with Crippen LogP contribution in [0.5, 0.6) is 0 Å². The van der Waals surface area contributed by atoms with E-state index in [-0.39, 0.29) is 18.6 Å². The molecule has 1 atom stereocenters. The van der Waals surface area contributed by atoms with E-state index in [4.69, 9.17) is 4.74 Å². The van der Waals surface area contributed by atoms with Crippen molar-refractivity contribution in [3.05, 3.63) is 0 Å². The van der Waals surface area contributed by atoms with Gasteiger partial charge in [0.1, 0.15) is 0 Å². The van der Waals surface area contributed by atoms with Gasteiger partial charge in [0.25, 0.3) is 0 Å². The van der Waals surface area contributed by atoms with Crippen molar-refractivity contribution < 1.29 is 14.3 Å². The number of nitrogens with one attached hydrogen (secondary N) is 1. The lowest BCUT2D eigenvalue weighted by Crippen LogP contribution is -2.41. The molecule has 0 spiro atoms. The van der Waals surface area contributed by atoms with Crippen LogP contribution in [-0.2, 0) is 14.3 Å². The molecule has 0 aromatic carbocycles. The van der Waals surface area contributed by atoms with Gasteiger partial charge < -0.3 is 14.8 Å². The van der Waals surface area contributed by atoms with Crippen molar-refractivity contribution in [2.75, 3.05) is 26.9 Å². The second kappa shape index (κ2) is 7.76. The molecule has 0 aliphatic rings. The van der Waals surface area contributed by atoms with Crippen LogP contribution in [0.25, 0.3) is 0 Å². The van der Waals surface area contributed by atoms with Gasteiger partial charge in [-0.2, -0.15) is 0 Å². The summed E-state index contributed by atoms with van der Waals surface area (Å²) in [6, 6.07) is 0.203. The zero-order chi connectivity index (χ0) is 11.0. The van der Waals surface area contributed by atoms with Gasteiger partial charge in [0.2, 0.25) is 0 Å². The van der Waals surface area contributed by atoms with Crippen LogP contribution in [0.1, 0.15) is 20.8 Å². The van der Waals surface area contributed by atoms with Crippen LogP contribution in [0.4, 0.5) is 0 Å². The Balaban J connectivity index is 3.78. The molecule has 0 amide bonds. The molecule has 0 aromatic heterocycles. The van der Waals surface area contributed by atoms with Gasteiger partial charge in [0, 0.05) is 12.6 Å². The van der Waals surface area contributed by atoms with Gasteiger partial charge in [-0.05, 0) is 12.8 Å². The van der Waals surface area contributed by atoms with E-state index in [1.165, 1.54) is 7.11 Å². The Morgan fingerprint density at radius 2 is 2.07 bits per heavy atom. The normalized spacial score (nSPS) is 12.9. The molecule has 1 N–H and O–H groups in total. The van der Waals surface area contributed by atoms with Crippen LogP contribution in [0.15, 0.2) is 0 Å². The van der Waals surface area contributed by atoms with Gasteiger partial charge in [0.15, 0.2) is 0 Å².